The van der Waals surface area contributed by atoms with Gasteiger partial charge in [-0.3, -0.25) is 0 Å². The molecule has 0 aliphatic heterocycles. The normalized spacial score (nSPS) is 10.6. The van der Waals surface area contributed by atoms with Crippen LogP contribution < -0.4 is 10.5 Å². The Balaban J connectivity index is 1.54. The van der Waals surface area contributed by atoms with E-state index in [-0.39, 0.29) is 0 Å². The first kappa shape index (κ1) is 16.7. The van der Waals surface area contributed by atoms with Gasteiger partial charge in [-0.15, -0.1) is 0 Å². The molecule has 127 valence electrons. The zero-order valence-corrected chi connectivity index (χ0v) is 13.6. The second kappa shape index (κ2) is 8.10. The molecule has 0 saturated heterocycles. The number of amides is 1. The van der Waals surface area contributed by atoms with Gasteiger partial charge in [0.05, 0.1) is 6.42 Å². The summed E-state index contributed by atoms with van der Waals surface area (Å²) in [7, 11) is 0. The molecule has 2 aromatic carbocycles. The van der Waals surface area contributed by atoms with Gasteiger partial charge in [0, 0.05) is 6.42 Å². The number of primary amides is 1. The van der Waals surface area contributed by atoms with E-state index in [1.54, 1.807) is 18.2 Å². The van der Waals surface area contributed by atoms with Crippen LogP contribution in [0.25, 0.3) is 0 Å². The average molecular weight is 336 g/mol. The van der Waals surface area contributed by atoms with Crippen LogP contribution in [0.1, 0.15) is 29.3 Å². The Labute approximate surface area is 145 Å². The van der Waals surface area contributed by atoms with Crippen molar-refractivity contribution in [1.82, 2.24) is 10.1 Å². The van der Waals surface area contributed by atoms with Gasteiger partial charge in [0.25, 0.3) is 0 Å². The second-order valence-corrected chi connectivity index (χ2v) is 5.52. The van der Waals surface area contributed by atoms with Crippen molar-refractivity contribution in [3.8, 4) is 5.75 Å². The van der Waals surface area contributed by atoms with Crippen LogP contribution in [0.4, 0.5) is 4.79 Å². The molecule has 0 atom stereocenters. The first-order chi connectivity index (χ1) is 12.2. The van der Waals surface area contributed by atoms with Gasteiger partial charge >= 0.3 is 6.09 Å². The summed E-state index contributed by atoms with van der Waals surface area (Å²) in [4.78, 5) is 15.2. The third-order valence-corrected chi connectivity index (χ3v) is 3.56. The van der Waals surface area contributed by atoms with Crippen molar-refractivity contribution >= 4 is 6.09 Å². The van der Waals surface area contributed by atoms with E-state index in [0.717, 1.165) is 18.4 Å². The Hall–Kier alpha value is -3.15. The number of carbonyl (C=O) groups is 1. The van der Waals surface area contributed by atoms with Gasteiger partial charge in [-0.05, 0) is 36.1 Å². The lowest BCUT2D eigenvalue weighted by Gasteiger charge is -2.02. The minimum atomic E-state index is -0.841. The van der Waals surface area contributed by atoms with Crippen molar-refractivity contribution in [1.29, 1.82) is 0 Å². The third kappa shape index (κ3) is 5.17. The molecule has 0 saturated carbocycles. The number of aryl methyl sites for hydroxylation is 1. The molecule has 0 fully saturated rings. The van der Waals surface area contributed by atoms with Crippen molar-refractivity contribution in [2.75, 3.05) is 0 Å². The minimum absolute atomic E-state index is 0.392. The van der Waals surface area contributed by atoms with Gasteiger partial charge in [0.15, 0.2) is 5.82 Å². The van der Waals surface area contributed by atoms with Crippen LogP contribution in [-0.4, -0.2) is 16.2 Å². The molecule has 3 aromatic rings. The number of nitrogens with two attached hydrogens (primary N) is 1. The van der Waals surface area contributed by atoms with Gasteiger partial charge in [-0.1, -0.05) is 47.6 Å². The van der Waals surface area contributed by atoms with Crippen LogP contribution in [0.2, 0.25) is 0 Å². The molecule has 6 nitrogen and oxygen atoms in total. The van der Waals surface area contributed by atoms with Crippen molar-refractivity contribution in [2.45, 2.75) is 19.3 Å². The molecule has 0 aliphatic carbocycles. The van der Waals surface area contributed by atoms with Crippen LogP contribution >= 0.6 is 0 Å². The maximum absolute atomic E-state index is 10.8. The van der Waals surface area contributed by atoms with Crippen LogP contribution in [0.5, 0.6) is 5.75 Å². The van der Waals surface area contributed by atoms with E-state index < -0.39 is 6.09 Å². The third-order valence-electron chi connectivity index (χ3n) is 3.56. The average Bonchev–Trinajstić information content (AvgIpc) is 3.03. The first-order valence-corrected chi connectivity index (χ1v) is 7.95. The number of hydrogen-bond acceptors (Lipinski definition) is 5. The van der Waals surface area contributed by atoms with Crippen LogP contribution in [-0.2, 0) is 12.8 Å². The lowest BCUT2D eigenvalue weighted by atomic mass is 10.1. The Kier molecular flexibility index (Phi) is 5.41. The van der Waals surface area contributed by atoms with E-state index >= 15 is 0 Å². The molecule has 3 rings (SSSR count). The molecular weight excluding hydrogens is 318 g/mol. The standard InChI is InChI=1S/C19H18N3O3/c20-19(23)24-16-10-4-9-15(12-16)13-17-21-18(25-22-17)11-5-8-14-6-2-1-3-7-14/h1-4,6-7,9-12H,5,8,13H2,(H2,20,23). The smallest absolute Gasteiger partial charge is 0.409 e. The van der Waals surface area contributed by atoms with Crippen molar-refractivity contribution in [2.24, 2.45) is 5.73 Å². The van der Waals surface area contributed by atoms with E-state index in [1.165, 1.54) is 5.56 Å². The molecule has 1 aromatic heterocycles. The number of carbonyl (C=O) groups excluding carboxylic acids is 1. The fourth-order valence-corrected chi connectivity index (χ4v) is 2.45. The molecule has 0 aliphatic rings. The number of benzene rings is 2. The van der Waals surface area contributed by atoms with Gasteiger partial charge in [-0.2, -0.15) is 4.98 Å². The van der Waals surface area contributed by atoms with Crippen molar-refractivity contribution in [3.05, 3.63) is 83.9 Å². The fraction of sp³-hybridized carbons (Fsp3) is 0.158. The van der Waals surface area contributed by atoms with Gasteiger partial charge < -0.3 is 15.0 Å². The summed E-state index contributed by atoms with van der Waals surface area (Å²) in [6, 6.07) is 17.3. The van der Waals surface area contributed by atoms with E-state index in [2.05, 4.69) is 22.3 Å². The summed E-state index contributed by atoms with van der Waals surface area (Å²) >= 11 is 0. The van der Waals surface area contributed by atoms with E-state index in [0.29, 0.717) is 23.9 Å². The summed E-state index contributed by atoms with van der Waals surface area (Å²) < 4.78 is 10.1. The molecule has 0 spiro atoms. The van der Waals surface area contributed by atoms with E-state index in [4.69, 9.17) is 15.0 Å². The Morgan fingerprint density at radius 1 is 1.12 bits per heavy atom. The predicted octanol–water partition coefficient (Wildman–Crippen LogP) is 3.30. The highest BCUT2D eigenvalue weighted by Gasteiger charge is 2.09. The summed E-state index contributed by atoms with van der Waals surface area (Å²) in [5.41, 5.74) is 7.18. The maximum atomic E-state index is 10.8. The highest BCUT2D eigenvalue weighted by atomic mass is 16.5. The molecular formula is C19H18N3O3. The Bertz CT molecular complexity index is 831. The molecule has 0 bridgehead atoms. The van der Waals surface area contributed by atoms with E-state index in [9.17, 15) is 4.79 Å². The lowest BCUT2D eigenvalue weighted by Crippen LogP contribution is -2.16. The summed E-state index contributed by atoms with van der Waals surface area (Å²) in [5.74, 6) is 1.47. The number of ether oxygens (including phenoxy) is 1. The molecule has 1 radical (unpaired) electrons. The summed E-state index contributed by atoms with van der Waals surface area (Å²) in [6.45, 7) is 0. The SMILES string of the molecule is NC(=O)Oc1cccc(Cc2noc([CH]CCc3ccccc3)n2)c1. The zero-order valence-electron chi connectivity index (χ0n) is 13.6. The molecule has 6 heteroatoms. The molecule has 25 heavy (non-hydrogen) atoms. The largest absolute Gasteiger partial charge is 0.410 e. The highest BCUT2D eigenvalue weighted by Crippen LogP contribution is 2.16. The number of rotatable bonds is 7. The van der Waals surface area contributed by atoms with Crippen LogP contribution in [0, 0.1) is 6.42 Å². The number of aromatic nitrogens is 2. The molecule has 2 N–H and O–H groups in total. The van der Waals surface area contributed by atoms with E-state index in [1.807, 2.05) is 30.7 Å². The highest BCUT2D eigenvalue weighted by molar-refractivity contribution is 5.68. The topological polar surface area (TPSA) is 91.2 Å². The number of hydrogen-bond donors (Lipinski definition) is 1. The lowest BCUT2D eigenvalue weighted by molar-refractivity contribution is 0.211. The van der Waals surface area contributed by atoms with Gasteiger partial charge in [0.2, 0.25) is 5.89 Å². The van der Waals surface area contributed by atoms with Gasteiger partial charge in [0.1, 0.15) is 5.75 Å². The predicted molar refractivity (Wildman–Crippen MR) is 91.9 cm³/mol. The van der Waals surface area contributed by atoms with Crippen LogP contribution in [0.3, 0.4) is 0 Å². The van der Waals surface area contributed by atoms with Crippen molar-refractivity contribution < 1.29 is 14.1 Å². The fourth-order valence-electron chi connectivity index (χ4n) is 2.45. The molecule has 1 amide bonds. The Morgan fingerprint density at radius 2 is 1.92 bits per heavy atom. The summed E-state index contributed by atoms with van der Waals surface area (Å²) in [5, 5.41) is 3.98. The summed E-state index contributed by atoms with van der Waals surface area (Å²) in [6.07, 6.45) is 3.31. The Morgan fingerprint density at radius 3 is 2.72 bits per heavy atom. The minimum Gasteiger partial charge on any atom is -0.410 e. The van der Waals surface area contributed by atoms with Crippen molar-refractivity contribution in [3.63, 3.8) is 0 Å². The monoisotopic (exact) mass is 336 g/mol. The second-order valence-electron chi connectivity index (χ2n) is 5.52. The first-order valence-electron chi connectivity index (χ1n) is 7.95. The zero-order chi connectivity index (χ0) is 17.5. The van der Waals surface area contributed by atoms with Crippen LogP contribution in [0.15, 0.2) is 59.1 Å². The maximum Gasteiger partial charge on any atom is 0.409 e. The number of nitrogens with zero attached hydrogens (tertiary/aromatic N) is 2. The quantitative estimate of drug-likeness (QED) is 0.715. The molecule has 1 heterocycles. The van der Waals surface area contributed by atoms with Gasteiger partial charge in [-0.25, -0.2) is 4.79 Å². The molecule has 0 unspecified atom stereocenters.